The van der Waals surface area contributed by atoms with Crippen LogP contribution in [0.3, 0.4) is 0 Å². The van der Waals surface area contributed by atoms with E-state index in [1.54, 1.807) is 0 Å². The fourth-order valence-corrected chi connectivity index (χ4v) is 3.96. The van der Waals surface area contributed by atoms with Crippen LogP contribution >= 0.6 is 28.6 Å². The van der Waals surface area contributed by atoms with E-state index >= 15 is 0 Å². The summed E-state index contributed by atoms with van der Waals surface area (Å²) in [4.78, 5) is 0. The zero-order valence-corrected chi connectivity index (χ0v) is 14.6. The first-order valence-corrected chi connectivity index (χ1v) is 9.06. The van der Waals surface area contributed by atoms with Gasteiger partial charge in [-0.3, -0.25) is 0 Å². The molecule has 0 radical (unpaired) electrons. The van der Waals surface area contributed by atoms with Crippen LogP contribution in [0.4, 0.5) is 0 Å². The topological polar surface area (TPSA) is 9.23 Å². The third kappa shape index (κ3) is 3.57. The molecule has 1 fully saturated rings. The molecule has 0 heterocycles. The Bertz CT molecular complexity index is 620. The van der Waals surface area contributed by atoms with Crippen molar-refractivity contribution in [2.45, 2.75) is 32.1 Å². The van der Waals surface area contributed by atoms with Crippen molar-refractivity contribution in [1.29, 1.82) is 0 Å². The molecule has 3 rings (SSSR count). The van der Waals surface area contributed by atoms with Gasteiger partial charge >= 0.3 is 0 Å². The van der Waals surface area contributed by atoms with E-state index in [-0.39, 0.29) is 5.41 Å². The maximum absolute atomic E-state index is 6.12. The molecule has 1 nitrogen and oxygen atoms in total. The summed E-state index contributed by atoms with van der Waals surface area (Å²) >= 11 is 8.09. The smallest absolute Gasteiger partial charge is 0.119 e. The van der Waals surface area contributed by atoms with Crippen molar-refractivity contribution < 1.29 is 4.74 Å². The number of rotatable bonds is 4. The minimum Gasteiger partial charge on any atom is -0.493 e. The highest BCUT2D eigenvalue weighted by Gasteiger charge is 2.31. The van der Waals surface area contributed by atoms with E-state index in [9.17, 15) is 0 Å². The number of fused-ring (bicyclic) bond motifs is 1. The number of halogens is 1. The van der Waals surface area contributed by atoms with Gasteiger partial charge in [-0.15, -0.1) is 0 Å². The van der Waals surface area contributed by atoms with Gasteiger partial charge < -0.3 is 4.74 Å². The summed E-state index contributed by atoms with van der Waals surface area (Å²) in [6.45, 7) is 0.790. The zero-order valence-electron chi connectivity index (χ0n) is 12.1. The molecular formula is C18H21BrOS. The fraction of sp³-hybridized carbons (Fsp3) is 0.444. The number of ether oxygens (including phenoxy) is 1. The molecule has 0 spiro atoms. The summed E-state index contributed by atoms with van der Waals surface area (Å²) in [5, 5.41) is 2.46. The number of benzene rings is 2. The van der Waals surface area contributed by atoms with Gasteiger partial charge in [0.25, 0.3) is 0 Å². The largest absolute Gasteiger partial charge is 0.493 e. The molecule has 3 heteroatoms. The van der Waals surface area contributed by atoms with E-state index in [0.29, 0.717) is 0 Å². The molecule has 0 atom stereocenters. The van der Waals surface area contributed by atoms with Gasteiger partial charge in [0.15, 0.2) is 0 Å². The average molecular weight is 365 g/mol. The summed E-state index contributed by atoms with van der Waals surface area (Å²) in [6.07, 6.45) is 6.49. The predicted molar refractivity (Wildman–Crippen MR) is 96.5 cm³/mol. The molecule has 0 bridgehead atoms. The Morgan fingerprint density at radius 1 is 1.00 bits per heavy atom. The molecule has 0 amide bonds. The average Bonchev–Trinajstić information content (AvgIpc) is 2.54. The first-order valence-electron chi connectivity index (χ1n) is 7.64. The lowest BCUT2D eigenvalue weighted by Crippen LogP contribution is -2.32. The molecular weight excluding hydrogens is 344 g/mol. The lowest BCUT2D eigenvalue weighted by Gasteiger charge is -2.35. The molecule has 0 unspecified atom stereocenters. The maximum atomic E-state index is 6.12. The van der Waals surface area contributed by atoms with Crippen LogP contribution < -0.4 is 4.74 Å². The van der Waals surface area contributed by atoms with Crippen LogP contribution in [-0.2, 0) is 0 Å². The maximum Gasteiger partial charge on any atom is 0.119 e. The van der Waals surface area contributed by atoms with E-state index in [2.05, 4.69) is 65.0 Å². The third-order valence-electron chi connectivity index (χ3n) is 4.57. The Hall–Kier alpha value is -0.670. The summed E-state index contributed by atoms with van der Waals surface area (Å²) in [6, 6.07) is 12.7. The van der Waals surface area contributed by atoms with E-state index in [1.165, 1.54) is 42.9 Å². The normalized spacial score (nSPS) is 17.8. The molecule has 0 aliphatic heterocycles. The van der Waals surface area contributed by atoms with Crippen LogP contribution in [-0.4, -0.2) is 12.4 Å². The molecule has 2 aromatic carbocycles. The lowest BCUT2D eigenvalue weighted by atomic mass is 9.76. The van der Waals surface area contributed by atoms with Crippen molar-refractivity contribution in [3.63, 3.8) is 0 Å². The van der Waals surface area contributed by atoms with Crippen LogP contribution in [0, 0.1) is 5.41 Å². The molecule has 0 N–H and O–H groups in total. The Labute approximate surface area is 140 Å². The van der Waals surface area contributed by atoms with E-state index in [4.69, 9.17) is 4.74 Å². The van der Waals surface area contributed by atoms with Crippen molar-refractivity contribution in [2.24, 2.45) is 5.41 Å². The molecule has 1 aliphatic carbocycles. The fourth-order valence-electron chi connectivity index (χ4n) is 3.17. The van der Waals surface area contributed by atoms with Gasteiger partial charge in [-0.25, -0.2) is 0 Å². The van der Waals surface area contributed by atoms with Gasteiger partial charge in [-0.1, -0.05) is 47.3 Å². The molecule has 0 aromatic heterocycles. The Kier molecular flexibility index (Phi) is 4.80. The Balaban J connectivity index is 1.74. The van der Waals surface area contributed by atoms with Crippen molar-refractivity contribution in [3.05, 3.63) is 40.9 Å². The highest BCUT2D eigenvalue weighted by molar-refractivity contribution is 9.10. The molecule has 1 saturated carbocycles. The van der Waals surface area contributed by atoms with Gasteiger partial charge in [0.2, 0.25) is 0 Å². The van der Waals surface area contributed by atoms with Crippen LogP contribution in [0.25, 0.3) is 10.8 Å². The van der Waals surface area contributed by atoms with Crippen molar-refractivity contribution in [1.82, 2.24) is 0 Å². The van der Waals surface area contributed by atoms with Gasteiger partial charge in [0.1, 0.15) is 5.75 Å². The summed E-state index contributed by atoms with van der Waals surface area (Å²) in [5.41, 5.74) is 0.274. The standard InChI is InChI=1S/C18H21BrOS/c19-16-6-4-15-11-17(7-5-14(15)10-16)20-12-18(13-21)8-2-1-3-9-18/h4-7,10-11,21H,1-3,8-9,12-13H2. The highest BCUT2D eigenvalue weighted by atomic mass is 79.9. The van der Waals surface area contributed by atoms with Gasteiger partial charge in [0.05, 0.1) is 6.61 Å². The highest BCUT2D eigenvalue weighted by Crippen LogP contribution is 2.38. The number of hydrogen-bond donors (Lipinski definition) is 1. The Morgan fingerprint density at radius 3 is 2.48 bits per heavy atom. The summed E-state index contributed by atoms with van der Waals surface area (Å²) in [5.74, 6) is 1.89. The van der Waals surface area contributed by atoms with Crippen LogP contribution in [0.2, 0.25) is 0 Å². The van der Waals surface area contributed by atoms with Gasteiger partial charge in [-0.2, -0.15) is 12.6 Å². The van der Waals surface area contributed by atoms with Gasteiger partial charge in [0, 0.05) is 9.89 Å². The van der Waals surface area contributed by atoms with Crippen LogP contribution in [0.1, 0.15) is 32.1 Å². The van der Waals surface area contributed by atoms with Crippen molar-refractivity contribution >= 4 is 39.3 Å². The minimum atomic E-state index is 0.274. The predicted octanol–water partition coefficient (Wildman–Crippen LogP) is 5.86. The second-order valence-electron chi connectivity index (χ2n) is 6.16. The molecule has 112 valence electrons. The van der Waals surface area contributed by atoms with E-state index in [1.807, 2.05) is 0 Å². The van der Waals surface area contributed by atoms with E-state index < -0.39 is 0 Å². The first-order chi connectivity index (χ1) is 10.2. The lowest BCUT2D eigenvalue weighted by molar-refractivity contribution is 0.121. The van der Waals surface area contributed by atoms with Gasteiger partial charge in [-0.05, 0) is 53.6 Å². The second-order valence-corrected chi connectivity index (χ2v) is 7.39. The zero-order chi connectivity index (χ0) is 14.7. The summed E-state index contributed by atoms with van der Waals surface area (Å²) in [7, 11) is 0. The molecule has 2 aromatic rings. The van der Waals surface area contributed by atoms with Crippen molar-refractivity contribution in [2.75, 3.05) is 12.4 Å². The van der Waals surface area contributed by atoms with E-state index in [0.717, 1.165) is 22.6 Å². The Morgan fingerprint density at radius 2 is 1.71 bits per heavy atom. The molecule has 21 heavy (non-hydrogen) atoms. The quantitative estimate of drug-likeness (QED) is 0.668. The number of thiol groups is 1. The monoisotopic (exact) mass is 364 g/mol. The minimum absolute atomic E-state index is 0.274. The third-order valence-corrected chi connectivity index (χ3v) is 5.73. The van der Waals surface area contributed by atoms with Crippen LogP contribution in [0.5, 0.6) is 5.75 Å². The number of hydrogen-bond acceptors (Lipinski definition) is 2. The molecule has 1 aliphatic rings. The summed E-state index contributed by atoms with van der Waals surface area (Å²) < 4.78 is 7.23. The SMILES string of the molecule is SCC1(COc2ccc3cc(Br)ccc3c2)CCCCC1. The van der Waals surface area contributed by atoms with Crippen LogP contribution in [0.15, 0.2) is 40.9 Å². The van der Waals surface area contributed by atoms with Crippen molar-refractivity contribution in [3.8, 4) is 5.75 Å². The molecule has 0 saturated heterocycles. The second kappa shape index (κ2) is 6.62. The first kappa shape index (κ1) is 15.2.